The Kier molecular flexibility index (Phi) is 2.44. The van der Waals surface area contributed by atoms with Crippen LogP contribution in [-0.2, 0) is 0 Å². The second-order valence-corrected chi connectivity index (χ2v) is 4.14. The Morgan fingerprint density at radius 2 is 1.87 bits per heavy atom. The molecular formula is C9H10BrN5. The molecule has 0 fully saturated rings. The lowest BCUT2D eigenvalue weighted by molar-refractivity contribution is 0.790. The van der Waals surface area contributed by atoms with Gasteiger partial charge in [0, 0.05) is 4.47 Å². The largest absolute Gasteiger partial charge is 0.366 e. The van der Waals surface area contributed by atoms with Crippen molar-refractivity contribution in [1.82, 2.24) is 20.2 Å². The van der Waals surface area contributed by atoms with Crippen molar-refractivity contribution in [3.8, 4) is 5.69 Å². The third kappa shape index (κ3) is 1.72. The van der Waals surface area contributed by atoms with Gasteiger partial charge in [0.1, 0.15) is 0 Å². The van der Waals surface area contributed by atoms with Crippen LogP contribution in [0.5, 0.6) is 0 Å². The molecule has 0 saturated heterocycles. The molecule has 0 amide bonds. The Labute approximate surface area is 95.4 Å². The zero-order chi connectivity index (χ0) is 11.0. The highest BCUT2D eigenvalue weighted by Crippen LogP contribution is 2.24. The first-order chi connectivity index (χ1) is 7.09. The van der Waals surface area contributed by atoms with Crippen LogP contribution < -0.4 is 5.73 Å². The fourth-order valence-corrected chi connectivity index (χ4v) is 1.65. The topological polar surface area (TPSA) is 69.6 Å². The first-order valence-electron chi connectivity index (χ1n) is 4.40. The summed E-state index contributed by atoms with van der Waals surface area (Å²) < 4.78 is 2.60. The van der Waals surface area contributed by atoms with E-state index in [1.807, 2.05) is 26.0 Å². The maximum Gasteiger partial charge on any atom is 0.245 e. The van der Waals surface area contributed by atoms with Crippen LogP contribution in [0.2, 0.25) is 0 Å². The van der Waals surface area contributed by atoms with Gasteiger partial charge in [-0.05, 0) is 47.5 Å². The van der Waals surface area contributed by atoms with Crippen molar-refractivity contribution in [3.63, 3.8) is 0 Å². The molecule has 0 aliphatic heterocycles. The molecule has 0 bridgehead atoms. The second kappa shape index (κ2) is 3.62. The van der Waals surface area contributed by atoms with Gasteiger partial charge in [0.05, 0.1) is 5.69 Å². The van der Waals surface area contributed by atoms with E-state index in [0.717, 1.165) is 21.3 Å². The van der Waals surface area contributed by atoms with Gasteiger partial charge in [-0.25, -0.2) is 0 Å². The minimum absolute atomic E-state index is 0.288. The monoisotopic (exact) mass is 267 g/mol. The minimum Gasteiger partial charge on any atom is -0.366 e. The Morgan fingerprint density at radius 3 is 2.33 bits per heavy atom. The lowest BCUT2D eigenvalue weighted by Crippen LogP contribution is -2.03. The molecule has 15 heavy (non-hydrogen) atoms. The van der Waals surface area contributed by atoms with Gasteiger partial charge in [0.25, 0.3) is 0 Å². The molecule has 1 heterocycles. The molecule has 0 saturated carbocycles. The van der Waals surface area contributed by atoms with Crippen molar-refractivity contribution < 1.29 is 0 Å². The molecule has 0 atom stereocenters. The van der Waals surface area contributed by atoms with E-state index in [1.54, 1.807) is 0 Å². The lowest BCUT2D eigenvalue weighted by atomic mass is 10.1. The molecule has 2 aromatic rings. The Balaban J connectivity index is 2.60. The summed E-state index contributed by atoms with van der Waals surface area (Å²) in [5.41, 5.74) is 8.75. The summed E-state index contributed by atoms with van der Waals surface area (Å²) in [6.07, 6.45) is 0. The maximum absolute atomic E-state index is 5.63. The van der Waals surface area contributed by atoms with E-state index in [4.69, 9.17) is 5.73 Å². The number of benzene rings is 1. The number of halogens is 1. The van der Waals surface area contributed by atoms with Crippen molar-refractivity contribution in [1.29, 1.82) is 0 Å². The molecule has 2 N–H and O–H groups in total. The number of aryl methyl sites for hydroxylation is 2. The molecule has 5 nitrogen and oxygen atoms in total. The SMILES string of the molecule is Cc1cc(-n2nnnc2N)cc(C)c1Br. The fraction of sp³-hybridized carbons (Fsp3) is 0.222. The fourth-order valence-electron chi connectivity index (χ4n) is 1.42. The average Bonchev–Trinajstić information content (AvgIpc) is 2.60. The van der Waals surface area contributed by atoms with E-state index >= 15 is 0 Å². The van der Waals surface area contributed by atoms with Gasteiger partial charge in [-0.15, -0.1) is 0 Å². The van der Waals surface area contributed by atoms with Crippen LogP contribution in [0.15, 0.2) is 16.6 Å². The molecule has 2 rings (SSSR count). The molecular weight excluding hydrogens is 258 g/mol. The predicted octanol–water partition coefficient (Wildman–Crippen LogP) is 1.62. The highest BCUT2D eigenvalue weighted by Gasteiger charge is 2.07. The molecule has 78 valence electrons. The number of anilines is 1. The molecule has 0 unspecified atom stereocenters. The van der Waals surface area contributed by atoms with Crippen molar-refractivity contribution in [2.24, 2.45) is 0 Å². The molecule has 6 heteroatoms. The van der Waals surface area contributed by atoms with Crippen LogP contribution in [0.25, 0.3) is 5.69 Å². The van der Waals surface area contributed by atoms with E-state index in [9.17, 15) is 0 Å². The van der Waals surface area contributed by atoms with Crippen molar-refractivity contribution in [2.75, 3.05) is 5.73 Å². The third-order valence-corrected chi connectivity index (χ3v) is 3.41. The molecule has 1 aromatic heterocycles. The summed E-state index contributed by atoms with van der Waals surface area (Å²) >= 11 is 3.50. The van der Waals surface area contributed by atoms with E-state index in [-0.39, 0.29) is 5.95 Å². The number of nitrogens with two attached hydrogens (primary N) is 1. The summed E-state index contributed by atoms with van der Waals surface area (Å²) in [6.45, 7) is 4.03. The summed E-state index contributed by atoms with van der Waals surface area (Å²) in [5.74, 6) is 0.288. The molecule has 0 radical (unpaired) electrons. The number of rotatable bonds is 1. The normalized spacial score (nSPS) is 10.6. The summed E-state index contributed by atoms with van der Waals surface area (Å²) in [6, 6.07) is 3.95. The van der Waals surface area contributed by atoms with Gasteiger partial charge < -0.3 is 5.73 Å². The summed E-state index contributed by atoms with van der Waals surface area (Å²) in [4.78, 5) is 0. The van der Waals surface area contributed by atoms with E-state index in [2.05, 4.69) is 31.5 Å². The van der Waals surface area contributed by atoms with Gasteiger partial charge >= 0.3 is 0 Å². The third-order valence-electron chi connectivity index (χ3n) is 2.16. The Morgan fingerprint density at radius 1 is 1.27 bits per heavy atom. The number of aromatic nitrogens is 4. The van der Waals surface area contributed by atoms with Crippen molar-refractivity contribution >= 4 is 21.9 Å². The van der Waals surface area contributed by atoms with E-state index in [0.29, 0.717) is 0 Å². The van der Waals surface area contributed by atoms with Gasteiger partial charge in [-0.2, -0.15) is 4.68 Å². The Bertz CT molecular complexity index is 482. The minimum atomic E-state index is 0.288. The number of hydrogen-bond donors (Lipinski definition) is 1. The number of hydrogen-bond acceptors (Lipinski definition) is 4. The zero-order valence-electron chi connectivity index (χ0n) is 8.40. The average molecular weight is 268 g/mol. The molecule has 0 spiro atoms. The van der Waals surface area contributed by atoms with Crippen molar-refractivity contribution in [2.45, 2.75) is 13.8 Å². The zero-order valence-corrected chi connectivity index (χ0v) is 9.98. The number of nitrogen functional groups attached to an aromatic ring is 1. The van der Waals surface area contributed by atoms with Gasteiger partial charge in [0.2, 0.25) is 5.95 Å². The quantitative estimate of drug-likeness (QED) is 0.853. The second-order valence-electron chi connectivity index (χ2n) is 3.34. The van der Waals surface area contributed by atoms with Gasteiger partial charge in [-0.1, -0.05) is 21.0 Å². The van der Waals surface area contributed by atoms with Gasteiger partial charge in [0.15, 0.2) is 0 Å². The van der Waals surface area contributed by atoms with Crippen LogP contribution in [0, 0.1) is 13.8 Å². The van der Waals surface area contributed by atoms with Gasteiger partial charge in [-0.3, -0.25) is 0 Å². The van der Waals surface area contributed by atoms with Crippen LogP contribution in [0.4, 0.5) is 5.95 Å². The van der Waals surface area contributed by atoms with Crippen molar-refractivity contribution in [3.05, 3.63) is 27.7 Å². The Hall–Kier alpha value is -1.43. The lowest BCUT2D eigenvalue weighted by Gasteiger charge is -2.07. The van der Waals surface area contributed by atoms with Crippen LogP contribution in [0.1, 0.15) is 11.1 Å². The molecule has 1 aromatic carbocycles. The van der Waals surface area contributed by atoms with Crippen LogP contribution >= 0.6 is 15.9 Å². The maximum atomic E-state index is 5.63. The first-order valence-corrected chi connectivity index (χ1v) is 5.20. The highest BCUT2D eigenvalue weighted by molar-refractivity contribution is 9.10. The smallest absolute Gasteiger partial charge is 0.245 e. The number of nitrogens with zero attached hydrogens (tertiary/aromatic N) is 4. The molecule has 0 aliphatic carbocycles. The molecule has 0 aliphatic rings. The van der Waals surface area contributed by atoms with E-state index in [1.165, 1.54) is 4.68 Å². The highest BCUT2D eigenvalue weighted by atomic mass is 79.9. The summed E-state index contributed by atoms with van der Waals surface area (Å²) in [7, 11) is 0. The first kappa shape index (κ1) is 10.1. The number of tetrazole rings is 1. The predicted molar refractivity (Wildman–Crippen MR) is 60.7 cm³/mol. The van der Waals surface area contributed by atoms with Crippen LogP contribution in [0.3, 0.4) is 0 Å². The standard InChI is InChI=1S/C9H10BrN5/c1-5-3-7(4-6(2)8(5)10)15-9(11)12-13-14-15/h3-4H,1-2H3,(H2,11,12,14). The summed E-state index contributed by atoms with van der Waals surface area (Å²) in [5, 5.41) is 11.0. The van der Waals surface area contributed by atoms with Crippen LogP contribution in [-0.4, -0.2) is 20.2 Å². The van der Waals surface area contributed by atoms with E-state index < -0.39 is 0 Å².